The molecule has 0 heterocycles. The highest BCUT2D eigenvalue weighted by Gasteiger charge is 2.14. The summed E-state index contributed by atoms with van der Waals surface area (Å²) in [5.41, 5.74) is 1.40. The van der Waals surface area contributed by atoms with E-state index < -0.39 is 8.80 Å². The van der Waals surface area contributed by atoms with Crippen molar-refractivity contribution in [3.63, 3.8) is 0 Å². The van der Waals surface area contributed by atoms with Crippen molar-refractivity contribution >= 4 is 8.80 Å². The third kappa shape index (κ3) is 4.23. The van der Waals surface area contributed by atoms with E-state index in [-0.39, 0.29) is 5.54 Å². The molecule has 0 bridgehead atoms. The van der Waals surface area contributed by atoms with Gasteiger partial charge in [-0.05, 0) is 32.0 Å². The Morgan fingerprint density at radius 1 is 0.938 bits per heavy atom. The smallest absolute Gasteiger partial charge is 0.0674 e. The predicted octanol–water partition coefficient (Wildman–Crippen LogP) is 3.34. The van der Waals surface area contributed by atoms with Gasteiger partial charge < -0.3 is 5.32 Å². The van der Waals surface area contributed by atoms with Gasteiger partial charge in [-0.2, -0.15) is 0 Å². The Labute approximate surface area is 101 Å². The van der Waals surface area contributed by atoms with Crippen LogP contribution in [0.2, 0.25) is 13.1 Å². The van der Waals surface area contributed by atoms with Crippen molar-refractivity contribution in [3.8, 4) is 0 Å². The standard InChI is InChI=1S/C14H23NSi/c1-14(2,3)15-12-10-8-6-7-9-11-13(12)16(4)5/h6-11,15-16H,1-5H3. The molecule has 0 atom stereocenters. The fraction of sp³-hybridized carbons (Fsp3) is 0.429. The summed E-state index contributed by atoms with van der Waals surface area (Å²) < 4.78 is 0. The fourth-order valence-corrected chi connectivity index (χ4v) is 2.93. The molecule has 0 saturated heterocycles. The minimum Gasteiger partial charge on any atom is -0.381 e. The molecule has 0 fully saturated rings. The molecule has 0 aromatic carbocycles. The first-order valence-electron chi connectivity index (χ1n) is 5.94. The van der Waals surface area contributed by atoms with Crippen LogP contribution in [0.15, 0.2) is 47.3 Å². The second-order valence-electron chi connectivity index (χ2n) is 5.50. The molecule has 0 aromatic rings. The average molecular weight is 233 g/mol. The SMILES string of the molecule is C[SiH](C)C1=C(NC(C)(C)C)C=CC=CC=C1. The highest BCUT2D eigenvalue weighted by molar-refractivity contribution is 6.65. The van der Waals surface area contributed by atoms with Gasteiger partial charge in [-0.15, -0.1) is 0 Å². The van der Waals surface area contributed by atoms with E-state index in [1.165, 1.54) is 10.9 Å². The maximum Gasteiger partial charge on any atom is 0.0674 e. The van der Waals surface area contributed by atoms with E-state index in [1.54, 1.807) is 0 Å². The topological polar surface area (TPSA) is 12.0 Å². The Kier molecular flexibility index (Phi) is 4.36. The van der Waals surface area contributed by atoms with Crippen LogP contribution < -0.4 is 5.32 Å². The zero-order valence-electron chi connectivity index (χ0n) is 11.0. The number of rotatable bonds is 2. The van der Waals surface area contributed by atoms with Gasteiger partial charge >= 0.3 is 0 Å². The Morgan fingerprint density at radius 2 is 1.50 bits per heavy atom. The zero-order chi connectivity index (χ0) is 12.2. The van der Waals surface area contributed by atoms with E-state index >= 15 is 0 Å². The second-order valence-corrected chi connectivity index (χ2v) is 8.43. The van der Waals surface area contributed by atoms with Crippen molar-refractivity contribution in [2.45, 2.75) is 39.4 Å². The van der Waals surface area contributed by atoms with Crippen LogP contribution in [0, 0.1) is 0 Å². The summed E-state index contributed by atoms with van der Waals surface area (Å²) in [6.45, 7) is 11.3. The van der Waals surface area contributed by atoms with Crippen LogP contribution >= 0.6 is 0 Å². The summed E-state index contributed by atoms with van der Waals surface area (Å²) in [6.07, 6.45) is 12.8. The molecule has 0 radical (unpaired) electrons. The third-order valence-corrected chi connectivity index (χ3v) is 4.06. The van der Waals surface area contributed by atoms with Crippen LogP contribution in [-0.4, -0.2) is 14.3 Å². The van der Waals surface area contributed by atoms with Gasteiger partial charge in [0.2, 0.25) is 0 Å². The van der Waals surface area contributed by atoms with Crippen LogP contribution in [0.5, 0.6) is 0 Å². The second kappa shape index (κ2) is 5.35. The van der Waals surface area contributed by atoms with Gasteiger partial charge in [-0.3, -0.25) is 0 Å². The first kappa shape index (κ1) is 13.0. The molecule has 0 aliphatic heterocycles. The van der Waals surface area contributed by atoms with Crippen molar-refractivity contribution in [3.05, 3.63) is 47.3 Å². The van der Waals surface area contributed by atoms with Gasteiger partial charge in [0.15, 0.2) is 0 Å². The molecule has 0 aromatic heterocycles. The number of nitrogens with one attached hydrogen (secondary N) is 1. The van der Waals surface area contributed by atoms with Crippen LogP contribution in [0.3, 0.4) is 0 Å². The van der Waals surface area contributed by atoms with E-state index in [4.69, 9.17) is 0 Å². The molecule has 1 rings (SSSR count). The predicted molar refractivity (Wildman–Crippen MR) is 76.2 cm³/mol. The van der Waals surface area contributed by atoms with E-state index in [1.807, 2.05) is 0 Å². The summed E-state index contributed by atoms with van der Waals surface area (Å²) in [5.74, 6) is 0. The quantitative estimate of drug-likeness (QED) is 0.721. The molecule has 1 aliphatic rings. The Balaban J connectivity index is 3.07. The summed E-state index contributed by atoms with van der Waals surface area (Å²) in [5, 5.41) is 5.10. The number of hydrogen-bond acceptors (Lipinski definition) is 1. The van der Waals surface area contributed by atoms with Crippen molar-refractivity contribution in [2.24, 2.45) is 0 Å². The minimum atomic E-state index is -0.803. The van der Waals surface area contributed by atoms with Crippen molar-refractivity contribution in [1.29, 1.82) is 0 Å². The molecule has 1 nitrogen and oxygen atoms in total. The van der Waals surface area contributed by atoms with Crippen LogP contribution in [-0.2, 0) is 0 Å². The first-order chi connectivity index (χ1) is 7.40. The molecule has 1 N–H and O–H groups in total. The lowest BCUT2D eigenvalue weighted by Crippen LogP contribution is -2.36. The molecule has 1 aliphatic carbocycles. The van der Waals surface area contributed by atoms with E-state index in [2.05, 4.69) is 75.6 Å². The lowest BCUT2D eigenvalue weighted by Gasteiger charge is -2.26. The molecule has 2 heteroatoms. The Hall–Kier alpha value is -1.02. The highest BCUT2D eigenvalue weighted by Crippen LogP contribution is 2.15. The van der Waals surface area contributed by atoms with E-state index in [0.717, 1.165) is 0 Å². The van der Waals surface area contributed by atoms with Crippen molar-refractivity contribution in [1.82, 2.24) is 5.32 Å². The average Bonchev–Trinajstić information content (AvgIpc) is 2.07. The lowest BCUT2D eigenvalue weighted by molar-refractivity contribution is 0.479. The van der Waals surface area contributed by atoms with Gasteiger partial charge in [0.05, 0.1) is 8.80 Å². The van der Waals surface area contributed by atoms with Crippen LogP contribution in [0.25, 0.3) is 0 Å². The molecule has 0 amide bonds. The van der Waals surface area contributed by atoms with Gasteiger partial charge in [-0.1, -0.05) is 43.5 Å². The third-order valence-electron chi connectivity index (χ3n) is 2.31. The molecule has 0 spiro atoms. The van der Waals surface area contributed by atoms with Crippen molar-refractivity contribution < 1.29 is 0 Å². The minimum absolute atomic E-state index is 0.116. The molecular formula is C14H23NSi. The van der Waals surface area contributed by atoms with Gasteiger partial charge in [0, 0.05) is 11.2 Å². The Morgan fingerprint density at radius 3 is 2.00 bits per heavy atom. The molecule has 16 heavy (non-hydrogen) atoms. The van der Waals surface area contributed by atoms with Gasteiger partial charge in [-0.25, -0.2) is 0 Å². The lowest BCUT2D eigenvalue weighted by atomic mass is 10.1. The summed E-state index contributed by atoms with van der Waals surface area (Å²) in [4.78, 5) is 0. The normalized spacial score (nSPS) is 16.6. The molecule has 0 unspecified atom stereocenters. The monoisotopic (exact) mass is 233 g/mol. The summed E-state index contributed by atoms with van der Waals surface area (Å²) in [6, 6.07) is 0. The largest absolute Gasteiger partial charge is 0.381 e. The van der Waals surface area contributed by atoms with Crippen LogP contribution in [0.1, 0.15) is 20.8 Å². The summed E-state index contributed by atoms with van der Waals surface area (Å²) in [7, 11) is -0.803. The number of allylic oxidation sites excluding steroid dienone is 7. The zero-order valence-corrected chi connectivity index (χ0v) is 12.2. The van der Waals surface area contributed by atoms with Gasteiger partial charge in [0.25, 0.3) is 0 Å². The van der Waals surface area contributed by atoms with Crippen molar-refractivity contribution in [2.75, 3.05) is 0 Å². The maximum absolute atomic E-state index is 3.60. The van der Waals surface area contributed by atoms with E-state index in [9.17, 15) is 0 Å². The highest BCUT2D eigenvalue weighted by atomic mass is 28.3. The number of hydrogen-bond donors (Lipinski definition) is 1. The van der Waals surface area contributed by atoms with Crippen LogP contribution in [0.4, 0.5) is 0 Å². The van der Waals surface area contributed by atoms with E-state index in [0.29, 0.717) is 0 Å². The first-order valence-corrected chi connectivity index (χ1v) is 8.82. The molecule has 0 saturated carbocycles. The maximum atomic E-state index is 3.60. The molecule has 88 valence electrons. The fourth-order valence-electron chi connectivity index (χ4n) is 1.65. The molecular weight excluding hydrogens is 210 g/mol. The summed E-state index contributed by atoms with van der Waals surface area (Å²) >= 11 is 0. The van der Waals surface area contributed by atoms with Gasteiger partial charge in [0.1, 0.15) is 0 Å². The Bertz CT molecular complexity index is 351.